The van der Waals surface area contributed by atoms with Crippen LogP contribution in [0.1, 0.15) is 49.6 Å². The maximum Gasteiger partial charge on any atom is 0.252 e. The summed E-state index contributed by atoms with van der Waals surface area (Å²) in [6, 6.07) is 12.6. The van der Waals surface area contributed by atoms with Crippen molar-refractivity contribution in [2.45, 2.75) is 33.4 Å². The molecule has 0 bridgehead atoms. The predicted molar refractivity (Wildman–Crippen MR) is 147 cm³/mol. The molecule has 1 atom stereocenters. The largest absolute Gasteiger partial charge is 0.492 e. The molecular formula is C29H36N6O2. The molecule has 0 aliphatic carbocycles. The third-order valence-electron chi connectivity index (χ3n) is 6.14. The summed E-state index contributed by atoms with van der Waals surface area (Å²) in [5.41, 5.74) is 5.62. The summed E-state index contributed by atoms with van der Waals surface area (Å²) in [6.45, 7) is 0.362. The van der Waals surface area contributed by atoms with E-state index >= 15 is 0 Å². The van der Waals surface area contributed by atoms with E-state index in [1.54, 1.807) is 36.0 Å². The zero-order chi connectivity index (χ0) is 31.5. The Bertz CT molecular complexity index is 1560. The van der Waals surface area contributed by atoms with Crippen molar-refractivity contribution in [2.24, 2.45) is 7.05 Å². The standard InChI is InChI=1S/C29H36N6O2/c1-7-35-11-10-28(32-35)24-15-22(14-23(16-24)25-18-30-34(6)19-25)21(3)31-29(36)27-17-26(9-8-20(27)2)37-13-12-33(4)5/h8-11,14-19,21H,7,12-13H2,1-6H3,(H,31,36)/t21-/m1/s1/i4D3,5D3. The third-order valence-corrected chi connectivity index (χ3v) is 6.14. The van der Waals surface area contributed by atoms with Crippen LogP contribution in [0.5, 0.6) is 5.75 Å². The van der Waals surface area contributed by atoms with Crippen LogP contribution in [0.4, 0.5) is 0 Å². The zero-order valence-electron chi connectivity index (χ0n) is 27.5. The first-order chi connectivity index (χ1) is 20.2. The van der Waals surface area contributed by atoms with E-state index in [0.29, 0.717) is 16.2 Å². The topological polar surface area (TPSA) is 77.2 Å². The molecule has 4 aromatic rings. The molecular weight excluding hydrogens is 464 g/mol. The Morgan fingerprint density at radius 3 is 2.68 bits per heavy atom. The van der Waals surface area contributed by atoms with Gasteiger partial charge in [0.25, 0.3) is 5.91 Å². The highest BCUT2D eigenvalue weighted by atomic mass is 16.5. The molecule has 0 aliphatic heterocycles. The number of ether oxygens (including phenoxy) is 1. The van der Waals surface area contributed by atoms with Crippen molar-refractivity contribution in [3.8, 4) is 28.1 Å². The van der Waals surface area contributed by atoms with Crippen molar-refractivity contribution in [3.63, 3.8) is 0 Å². The van der Waals surface area contributed by atoms with Crippen LogP contribution in [-0.4, -0.2) is 57.5 Å². The Labute approximate surface area is 227 Å². The smallest absolute Gasteiger partial charge is 0.252 e. The van der Waals surface area contributed by atoms with Crippen molar-refractivity contribution in [1.82, 2.24) is 29.8 Å². The summed E-state index contributed by atoms with van der Waals surface area (Å²) in [6.07, 6.45) is 5.65. The fraction of sp³-hybridized carbons (Fsp3) is 0.345. The second-order valence-corrected chi connectivity index (χ2v) is 8.98. The van der Waals surface area contributed by atoms with Crippen molar-refractivity contribution < 1.29 is 17.8 Å². The van der Waals surface area contributed by atoms with E-state index in [2.05, 4.69) is 21.6 Å². The maximum atomic E-state index is 13.4. The quantitative estimate of drug-likeness (QED) is 0.337. The van der Waals surface area contributed by atoms with Gasteiger partial charge in [-0.15, -0.1) is 0 Å². The summed E-state index contributed by atoms with van der Waals surface area (Å²) in [4.78, 5) is 13.9. The molecule has 0 unspecified atom stereocenters. The van der Waals surface area contributed by atoms with Gasteiger partial charge in [0.05, 0.1) is 17.9 Å². The van der Waals surface area contributed by atoms with Gasteiger partial charge < -0.3 is 15.0 Å². The predicted octanol–water partition coefficient (Wildman–Crippen LogP) is 4.71. The average molecular weight is 507 g/mol. The van der Waals surface area contributed by atoms with E-state index in [9.17, 15) is 4.79 Å². The molecule has 0 radical (unpaired) electrons. The molecule has 37 heavy (non-hydrogen) atoms. The zero-order valence-corrected chi connectivity index (χ0v) is 21.5. The fourth-order valence-electron chi connectivity index (χ4n) is 4.03. The van der Waals surface area contributed by atoms with Crippen molar-refractivity contribution in [3.05, 3.63) is 77.7 Å². The van der Waals surface area contributed by atoms with Crippen LogP contribution in [0.15, 0.2) is 61.1 Å². The van der Waals surface area contributed by atoms with Crippen molar-refractivity contribution in [1.29, 1.82) is 0 Å². The summed E-state index contributed by atoms with van der Waals surface area (Å²) in [5.74, 6) is 0.0115. The molecule has 1 N–H and O–H groups in total. The summed E-state index contributed by atoms with van der Waals surface area (Å²) >= 11 is 0. The minimum atomic E-state index is -2.80. The van der Waals surface area contributed by atoms with Gasteiger partial charge in [-0.05, 0) is 87.8 Å². The summed E-state index contributed by atoms with van der Waals surface area (Å²) in [7, 11) is 1.86. The number of benzene rings is 2. The molecule has 8 heteroatoms. The molecule has 0 saturated heterocycles. The van der Waals surface area contributed by atoms with Crippen LogP contribution >= 0.6 is 0 Å². The second kappa shape index (κ2) is 11.4. The third kappa shape index (κ3) is 6.46. The highest BCUT2D eigenvalue weighted by Crippen LogP contribution is 2.30. The number of nitrogens with one attached hydrogen (secondary N) is 1. The number of nitrogens with zero attached hydrogens (tertiary/aromatic N) is 5. The summed E-state index contributed by atoms with van der Waals surface area (Å²) in [5, 5.41) is 12.0. The lowest BCUT2D eigenvalue weighted by Gasteiger charge is -2.18. The molecule has 194 valence electrons. The van der Waals surface area contributed by atoms with Crippen LogP contribution < -0.4 is 10.1 Å². The Morgan fingerprint density at radius 1 is 1.16 bits per heavy atom. The van der Waals surface area contributed by atoms with E-state index in [4.69, 9.17) is 13.0 Å². The number of carbonyl (C=O) groups is 1. The SMILES string of the molecule is [2H]C([2H])([2H])N(CCOc1ccc(C)c(C(=O)N[C@H](C)c2cc(-c3cnn(C)c3)cc(-c3ccn(CC)n3)c2)c1)C([2H])([2H])[2H]. The first kappa shape index (κ1) is 19.2. The highest BCUT2D eigenvalue weighted by Gasteiger charge is 2.17. The van der Waals surface area contributed by atoms with Crippen molar-refractivity contribution >= 4 is 5.91 Å². The van der Waals surface area contributed by atoms with Crippen LogP contribution in [0.25, 0.3) is 22.4 Å². The molecule has 8 nitrogen and oxygen atoms in total. The molecule has 0 spiro atoms. The Balaban J connectivity index is 1.54. The maximum absolute atomic E-state index is 13.4. The van der Waals surface area contributed by atoms with Crippen LogP contribution in [-0.2, 0) is 13.6 Å². The van der Waals surface area contributed by atoms with E-state index in [1.807, 2.05) is 56.2 Å². The number of aryl methyl sites for hydroxylation is 3. The molecule has 1 amide bonds. The van der Waals surface area contributed by atoms with Crippen molar-refractivity contribution in [2.75, 3.05) is 27.1 Å². The monoisotopic (exact) mass is 506 g/mol. The van der Waals surface area contributed by atoms with Gasteiger partial charge in [0.15, 0.2) is 0 Å². The lowest BCUT2D eigenvalue weighted by molar-refractivity contribution is 0.0938. The lowest BCUT2D eigenvalue weighted by atomic mass is 9.96. The average Bonchev–Trinajstić information content (AvgIpc) is 3.59. The molecule has 2 heterocycles. The Morgan fingerprint density at radius 2 is 1.97 bits per heavy atom. The van der Waals surface area contributed by atoms with Gasteiger partial charge in [-0.1, -0.05) is 6.07 Å². The van der Waals surface area contributed by atoms with Crippen LogP contribution in [0.2, 0.25) is 0 Å². The number of hydrogen-bond acceptors (Lipinski definition) is 5. The molecule has 4 rings (SSSR count). The molecule has 0 aliphatic rings. The van der Waals surface area contributed by atoms with Gasteiger partial charge in [0, 0.05) is 57.4 Å². The number of aromatic nitrogens is 4. The van der Waals surface area contributed by atoms with Gasteiger partial charge in [-0.3, -0.25) is 14.2 Å². The van der Waals surface area contributed by atoms with Gasteiger partial charge in [-0.2, -0.15) is 10.2 Å². The number of carbonyl (C=O) groups excluding carboxylic acids is 1. The van der Waals surface area contributed by atoms with E-state index in [1.165, 1.54) is 0 Å². The number of hydrogen-bond donors (Lipinski definition) is 1. The molecule has 2 aromatic carbocycles. The number of likely N-dealkylation sites (N-methyl/N-ethyl adjacent to an activating group) is 1. The minimum absolute atomic E-state index is 0.186. The van der Waals surface area contributed by atoms with E-state index in [-0.39, 0.29) is 25.1 Å². The lowest BCUT2D eigenvalue weighted by Crippen LogP contribution is -2.27. The molecule has 2 aromatic heterocycles. The van der Waals surface area contributed by atoms with Gasteiger partial charge >= 0.3 is 0 Å². The van der Waals surface area contributed by atoms with Crippen LogP contribution in [0.3, 0.4) is 0 Å². The number of rotatable bonds is 10. The normalized spacial score (nSPS) is 15.2. The molecule has 0 saturated carbocycles. The van der Waals surface area contributed by atoms with Gasteiger partial charge in [-0.25, -0.2) is 0 Å². The highest BCUT2D eigenvalue weighted by molar-refractivity contribution is 5.96. The first-order valence-corrected chi connectivity index (χ1v) is 12.2. The first-order valence-electron chi connectivity index (χ1n) is 15.2. The molecule has 0 fully saturated rings. The Hall–Kier alpha value is -3.91. The minimum Gasteiger partial charge on any atom is -0.492 e. The number of amides is 1. The Kier molecular flexibility index (Phi) is 5.94. The summed E-state index contributed by atoms with van der Waals surface area (Å²) < 4.78 is 54.3. The van der Waals surface area contributed by atoms with Gasteiger partial charge in [0.2, 0.25) is 0 Å². The fourth-order valence-corrected chi connectivity index (χ4v) is 4.03. The van der Waals surface area contributed by atoms with E-state index < -0.39 is 14.0 Å². The second-order valence-electron chi connectivity index (χ2n) is 8.98. The van der Waals surface area contributed by atoms with Crippen LogP contribution in [0, 0.1) is 6.92 Å². The van der Waals surface area contributed by atoms with E-state index in [0.717, 1.165) is 40.1 Å². The van der Waals surface area contributed by atoms with Gasteiger partial charge in [0.1, 0.15) is 12.4 Å².